The Kier molecular flexibility index (Phi) is 3.96. The number of carbonyl (C=O) groups is 1. The van der Waals surface area contributed by atoms with E-state index in [1.165, 1.54) is 0 Å². The van der Waals surface area contributed by atoms with Crippen molar-refractivity contribution < 1.29 is 9.53 Å². The van der Waals surface area contributed by atoms with Gasteiger partial charge < -0.3 is 14.5 Å². The zero-order chi connectivity index (χ0) is 14.7. The lowest BCUT2D eigenvalue weighted by molar-refractivity contribution is -0.140. The fraction of sp³-hybridized carbons (Fsp3) is 0.500. The molecule has 0 spiro atoms. The maximum absolute atomic E-state index is 12.1. The Hall–Kier alpha value is -2.22. The topological polar surface area (TPSA) is 56.6 Å². The molecule has 2 aliphatic heterocycles. The van der Waals surface area contributed by atoms with Gasteiger partial charge in [0.1, 0.15) is 11.9 Å². The van der Waals surface area contributed by atoms with Crippen molar-refractivity contribution in [3.63, 3.8) is 0 Å². The minimum atomic E-state index is 0.107. The minimum Gasteiger partial charge on any atom is -0.487 e. The van der Waals surface area contributed by atoms with Crippen LogP contribution in [0.3, 0.4) is 0 Å². The van der Waals surface area contributed by atoms with E-state index in [1.807, 2.05) is 35.2 Å². The molecule has 0 saturated carbocycles. The summed E-state index contributed by atoms with van der Waals surface area (Å²) in [5.41, 5.74) is 0. The monoisotopic (exact) mass is 285 g/mol. The van der Waals surface area contributed by atoms with Crippen LogP contribution in [-0.2, 0) is 4.79 Å². The minimum absolute atomic E-state index is 0.107. The summed E-state index contributed by atoms with van der Waals surface area (Å²) in [6.07, 6.45) is 3.75. The molecular formula is C16H19N3O2. The van der Waals surface area contributed by atoms with Gasteiger partial charge in [-0.3, -0.25) is 4.79 Å². The molecule has 1 aromatic rings. The van der Waals surface area contributed by atoms with Gasteiger partial charge in [0.2, 0.25) is 5.91 Å². The van der Waals surface area contributed by atoms with Gasteiger partial charge in [0, 0.05) is 19.5 Å². The molecule has 0 aromatic heterocycles. The SMILES string of the molecule is N#CN1CCC(CC(=O)N2CC(Oc3ccccc3)C2)C1. The highest BCUT2D eigenvalue weighted by Gasteiger charge is 2.34. The zero-order valence-corrected chi connectivity index (χ0v) is 11.9. The molecule has 21 heavy (non-hydrogen) atoms. The number of amides is 1. The Balaban J connectivity index is 1.40. The molecule has 1 amide bonds. The number of likely N-dealkylation sites (tertiary alicyclic amines) is 2. The number of nitrogens with zero attached hydrogens (tertiary/aromatic N) is 3. The molecule has 0 radical (unpaired) electrons. The number of nitriles is 1. The second kappa shape index (κ2) is 6.04. The van der Waals surface area contributed by atoms with E-state index in [0.29, 0.717) is 25.4 Å². The molecule has 2 fully saturated rings. The summed E-state index contributed by atoms with van der Waals surface area (Å²) in [6.45, 7) is 2.85. The summed E-state index contributed by atoms with van der Waals surface area (Å²) in [5.74, 6) is 1.37. The van der Waals surface area contributed by atoms with Crippen molar-refractivity contribution in [1.82, 2.24) is 9.80 Å². The van der Waals surface area contributed by atoms with Crippen LogP contribution in [0.4, 0.5) is 0 Å². The Morgan fingerprint density at radius 1 is 1.29 bits per heavy atom. The number of para-hydroxylation sites is 1. The van der Waals surface area contributed by atoms with E-state index in [0.717, 1.165) is 25.3 Å². The predicted molar refractivity (Wildman–Crippen MR) is 77.3 cm³/mol. The third-order valence-electron chi connectivity index (χ3n) is 4.14. The van der Waals surface area contributed by atoms with E-state index >= 15 is 0 Å². The molecule has 2 aliphatic rings. The maximum atomic E-state index is 12.1. The Morgan fingerprint density at radius 2 is 2.05 bits per heavy atom. The summed E-state index contributed by atoms with van der Waals surface area (Å²) < 4.78 is 5.79. The molecule has 0 aliphatic carbocycles. The van der Waals surface area contributed by atoms with E-state index < -0.39 is 0 Å². The van der Waals surface area contributed by atoms with Gasteiger partial charge in [0.25, 0.3) is 0 Å². The third-order valence-corrected chi connectivity index (χ3v) is 4.14. The van der Waals surface area contributed by atoms with Gasteiger partial charge in [0.15, 0.2) is 6.19 Å². The first-order chi connectivity index (χ1) is 10.2. The number of benzene rings is 1. The summed E-state index contributed by atoms with van der Waals surface area (Å²) >= 11 is 0. The van der Waals surface area contributed by atoms with Crippen LogP contribution in [0.5, 0.6) is 5.75 Å². The molecule has 2 heterocycles. The number of carbonyl (C=O) groups excluding carboxylic acids is 1. The Morgan fingerprint density at radius 3 is 2.71 bits per heavy atom. The van der Waals surface area contributed by atoms with Crippen molar-refractivity contribution in [3.8, 4) is 11.9 Å². The van der Waals surface area contributed by atoms with Crippen LogP contribution < -0.4 is 4.74 Å². The summed E-state index contributed by atoms with van der Waals surface area (Å²) in [5, 5.41) is 8.82. The van der Waals surface area contributed by atoms with Crippen LogP contribution in [0.25, 0.3) is 0 Å². The zero-order valence-electron chi connectivity index (χ0n) is 11.9. The summed E-state index contributed by atoms with van der Waals surface area (Å²) in [4.78, 5) is 15.7. The number of hydrogen-bond donors (Lipinski definition) is 0. The maximum Gasteiger partial charge on any atom is 0.223 e. The van der Waals surface area contributed by atoms with Gasteiger partial charge in [0.05, 0.1) is 13.1 Å². The van der Waals surface area contributed by atoms with Gasteiger partial charge in [-0.15, -0.1) is 0 Å². The third kappa shape index (κ3) is 3.27. The average molecular weight is 285 g/mol. The second-order valence-corrected chi connectivity index (χ2v) is 5.76. The molecule has 1 atom stereocenters. The van der Waals surface area contributed by atoms with Gasteiger partial charge >= 0.3 is 0 Å². The van der Waals surface area contributed by atoms with E-state index in [9.17, 15) is 4.79 Å². The second-order valence-electron chi connectivity index (χ2n) is 5.76. The highest BCUT2D eigenvalue weighted by Crippen LogP contribution is 2.23. The fourth-order valence-corrected chi connectivity index (χ4v) is 2.87. The van der Waals surface area contributed by atoms with Crippen molar-refractivity contribution in [3.05, 3.63) is 30.3 Å². The largest absolute Gasteiger partial charge is 0.487 e. The average Bonchev–Trinajstić information content (AvgIpc) is 2.91. The van der Waals surface area contributed by atoms with Crippen LogP contribution in [0.1, 0.15) is 12.8 Å². The molecule has 0 N–H and O–H groups in total. The molecule has 0 bridgehead atoms. The van der Waals surface area contributed by atoms with Gasteiger partial charge in [-0.1, -0.05) is 18.2 Å². The molecule has 3 rings (SSSR count). The van der Waals surface area contributed by atoms with E-state index in [1.54, 1.807) is 4.90 Å². The van der Waals surface area contributed by atoms with Crippen LogP contribution in [0.2, 0.25) is 0 Å². The standard InChI is InChI=1S/C16H19N3O2/c17-12-18-7-6-13(9-18)8-16(20)19-10-15(11-19)21-14-4-2-1-3-5-14/h1-5,13,15H,6-11H2. The van der Waals surface area contributed by atoms with Crippen LogP contribution >= 0.6 is 0 Å². The van der Waals surface area contributed by atoms with Crippen molar-refractivity contribution in [2.45, 2.75) is 18.9 Å². The van der Waals surface area contributed by atoms with Crippen LogP contribution in [-0.4, -0.2) is 48.0 Å². The van der Waals surface area contributed by atoms with Gasteiger partial charge in [-0.2, -0.15) is 5.26 Å². The van der Waals surface area contributed by atoms with Crippen molar-refractivity contribution >= 4 is 5.91 Å². The lowest BCUT2D eigenvalue weighted by Gasteiger charge is -2.39. The van der Waals surface area contributed by atoms with Crippen molar-refractivity contribution in [1.29, 1.82) is 5.26 Å². The highest BCUT2D eigenvalue weighted by atomic mass is 16.5. The molecule has 1 aromatic carbocycles. The van der Waals surface area contributed by atoms with Gasteiger partial charge in [-0.05, 0) is 24.5 Å². The molecule has 5 heteroatoms. The van der Waals surface area contributed by atoms with Crippen LogP contribution in [0, 0.1) is 17.4 Å². The fourth-order valence-electron chi connectivity index (χ4n) is 2.87. The van der Waals surface area contributed by atoms with E-state index in [-0.39, 0.29) is 12.0 Å². The molecule has 2 saturated heterocycles. The lowest BCUT2D eigenvalue weighted by Crippen LogP contribution is -2.56. The lowest BCUT2D eigenvalue weighted by atomic mass is 10.0. The smallest absolute Gasteiger partial charge is 0.223 e. The highest BCUT2D eigenvalue weighted by molar-refractivity contribution is 5.77. The van der Waals surface area contributed by atoms with E-state index in [4.69, 9.17) is 10.00 Å². The first kappa shape index (κ1) is 13.7. The number of hydrogen-bond acceptors (Lipinski definition) is 4. The number of ether oxygens (including phenoxy) is 1. The molecule has 5 nitrogen and oxygen atoms in total. The molecule has 1 unspecified atom stereocenters. The Bertz CT molecular complexity index is 534. The number of rotatable bonds is 4. The first-order valence-electron chi connectivity index (χ1n) is 7.39. The normalized spacial score (nSPS) is 21.8. The Labute approximate surface area is 124 Å². The quantitative estimate of drug-likeness (QED) is 0.786. The van der Waals surface area contributed by atoms with Crippen molar-refractivity contribution in [2.24, 2.45) is 5.92 Å². The summed E-state index contributed by atoms with van der Waals surface area (Å²) in [6, 6.07) is 9.70. The molecular weight excluding hydrogens is 266 g/mol. The van der Waals surface area contributed by atoms with Gasteiger partial charge in [-0.25, -0.2) is 0 Å². The van der Waals surface area contributed by atoms with Crippen molar-refractivity contribution in [2.75, 3.05) is 26.2 Å². The van der Waals surface area contributed by atoms with Crippen LogP contribution in [0.15, 0.2) is 30.3 Å². The first-order valence-corrected chi connectivity index (χ1v) is 7.39. The summed E-state index contributed by atoms with van der Waals surface area (Å²) in [7, 11) is 0. The van der Waals surface area contributed by atoms with E-state index in [2.05, 4.69) is 6.19 Å². The molecule has 110 valence electrons. The predicted octanol–water partition coefficient (Wildman–Crippen LogP) is 1.47.